The number of fused-ring (bicyclic) bond motifs is 3. The van der Waals surface area contributed by atoms with Gasteiger partial charge in [-0.05, 0) is 30.2 Å². The summed E-state index contributed by atoms with van der Waals surface area (Å²) < 4.78 is 31.4. The van der Waals surface area contributed by atoms with Crippen molar-refractivity contribution in [3.05, 3.63) is 54.2 Å². The summed E-state index contributed by atoms with van der Waals surface area (Å²) in [6.45, 7) is 3.57. The van der Waals surface area contributed by atoms with Crippen LogP contribution in [0.2, 0.25) is 0 Å². The summed E-state index contributed by atoms with van der Waals surface area (Å²) in [5.74, 6) is 0.805. The van der Waals surface area contributed by atoms with Crippen molar-refractivity contribution in [1.29, 1.82) is 0 Å². The van der Waals surface area contributed by atoms with E-state index in [2.05, 4.69) is 47.9 Å². The second-order valence-corrected chi connectivity index (χ2v) is 7.83. The number of rotatable bonds is 11. The van der Waals surface area contributed by atoms with Crippen LogP contribution in [0.4, 0.5) is 4.39 Å². The summed E-state index contributed by atoms with van der Waals surface area (Å²) in [7, 11) is 0. The molecule has 0 unspecified atom stereocenters. The van der Waals surface area contributed by atoms with Crippen LogP contribution in [0.1, 0.15) is 12.5 Å². The molecule has 30 heavy (non-hydrogen) atoms. The molecule has 4 aromatic rings. The molecule has 2 heterocycles. The van der Waals surface area contributed by atoms with Crippen LogP contribution in [0.15, 0.2) is 48.7 Å². The monoisotopic (exact) mass is 428 g/mol. The average Bonchev–Trinajstić information content (AvgIpc) is 3.33. The molecule has 0 saturated carbocycles. The maximum Gasteiger partial charge on any atom is 0.195 e. The quantitative estimate of drug-likeness (QED) is 0.310. The van der Waals surface area contributed by atoms with Gasteiger partial charge in [-0.25, -0.2) is 9.37 Å². The lowest BCUT2D eigenvalue weighted by Gasteiger charge is -2.07. The second-order valence-electron chi connectivity index (χ2n) is 6.82. The van der Waals surface area contributed by atoms with E-state index in [4.69, 9.17) is 19.2 Å². The maximum absolute atomic E-state index is 11.9. The standard InChI is InChI=1S/C23H25FN2O3S/c1-2-17-3-5-18(6-4-17)20-16-26-21-8-7-19(15-22(21)30-23(26)25-20)29-14-13-28-12-11-27-10-9-24/h3-8,15-16H,2,9-14H2,1H3. The van der Waals surface area contributed by atoms with E-state index in [1.165, 1.54) is 5.56 Å². The highest BCUT2D eigenvalue weighted by molar-refractivity contribution is 7.23. The molecule has 0 aliphatic rings. The molecular formula is C23H25FN2O3S. The van der Waals surface area contributed by atoms with E-state index in [9.17, 15) is 4.39 Å². The van der Waals surface area contributed by atoms with Gasteiger partial charge in [0.2, 0.25) is 0 Å². The summed E-state index contributed by atoms with van der Waals surface area (Å²) in [6, 6.07) is 14.6. The molecule has 7 heteroatoms. The number of hydrogen-bond donors (Lipinski definition) is 0. The Morgan fingerprint density at radius 2 is 1.73 bits per heavy atom. The number of aromatic nitrogens is 2. The highest BCUT2D eigenvalue weighted by atomic mass is 32.1. The SMILES string of the molecule is CCc1ccc(-c2cn3c(n2)sc2cc(OCCOCCOCCF)ccc23)cc1. The zero-order chi connectivity index (χ0) is 20.8. The molecule has 0 spiro atoms. The Morgan fingerprint density at radius 1 is 0.967 bits per heavy atom. The molecule has 158 valence electrons. The lowest BCUT2D eigenvalue weighted by molar-refractivity contribution is 0.0325. The number of thiazole rings is 1. The van der Waals surface area contributed by atoms with Crippen molar-refractivity contribution in [3.63, 3.8) is 0 Å². The highest BCUT2D eigenvalue weighted by Gasteiger charge is 2.11. The molecule has 0 fully saturated rings. The molecule has 2 aromatic carbocycles. The molecule has 0 amide bonds. The molecule has 0 aliphatic heterocycles. The van der Waals surface area contributed by atoms with Gasteiger partial charge in [0.05, 0.1) is 42.3 Å². The normalized spacial score (nSPS) is 11.5. The van der Waals surface area contributed by atoms with Gasteiger partial charge in [-0.1, -0.05) is 42.5 Å². The van der Waals surface area contributed by atoms with Crippen molar-refractivity contribution >= 4 is 26.5 Å². The summed E-state index contributed by atoms with van der Waals surface area (Å²) in [5.41, 5.74) is 4.56. The minimum Gasteiger partial charge on any atom is -0.491 e. The van der Waals surface area contributed by atoms with Gasteiger partial charge in [0, 0.05) is 11.8 Å². The molecule has 2 aromatic heterocycles. The van der Waals surface area contributed by atoms with E-state index in [1.54, 1.807) is 11.3 Å². The first-order chi connectivity index (χ1) is 14.8. The topological polar surface area (TPSA) is 45.0 Å². The average molecular weight is 429 g/mol. The number of hydrogen-bond acceptors (Lipinski definition) is 5. The molecule has 0 N–H and O–H groups in total. The minimum atomic E-state index is -0.466. The van der Waals surface area contributed by atoms with Crippen LogP contribution >= 0.6 is 11.3 Å². The van der Waals surface area contributed by atoms with Crippen molar-refractivity contribution < 1.29 is 18.6 Å². The molecular weight excluding hydrogens is 403 g/mol. The molecule has 0 saturated heterocycles. The Balaban J connectivity index is 1.38. The van der Waals surface area contributed by atoms with Gasteiger partial charge in [0.25, 0.3) is 0 Å². The van der Waals surface area contributed by atoms with Crippen LogP contribution in [0.3, 0.4) is 0 Å². The predicted octanol–water partition coefficient (Wildman–Crippen LogP) is 5.16. The number of ether oxygens (including phenoxy) is 3. The number of benzene rings is 2. The molecule has 0 atom stereocenters. The first-order valence-electron chi connectivity index (χ1n) is 10.1. The summed E-state index contributed by atoms with van der Waals surface area (Å²) in [6.07, 6.45) is 3.13. The zero-order valence-electron chi connectivity index (χ0n) is 17.0. The fourth-order valence-electron chi connectivity index (χ4n) is 3.22. The third-order valence-electron chi connectivity index (χ3n) is 4.81. The summed E-state index contributed by atoms with van der Waals surface area (Å²) >= 11 is 1.65. The fourth-order valence-corrected chi connectivity index (χ4v) is 4.25. The number of nitrogens with zero attached hydrogens (tertiary/aromatic N) is 2. The van der Waals surface area contributed by atoms with Crippen LogP contribution < -0.4 is 4.74 Å². The molecule has 4 rings (SSSR count). The third-order valence-corrected chi connectivity index (χ3v) is 5.83. The lowest BCUT2D eigenvalue weighted by atomic mass is 10.1. The van der Waals surface area contributed by atoms with Crippen LogP contribution in [0, 0.1) is 0 Å². The number of imidazole rings is 1. The number of alkyl halides is 1. The van der Waals surface area contributed by atoms with Gasteiger partial charge >= 0.3 is 0 Å². The van der Waals surface area contributed by atoms with Crippen molar-refractivity contribution in [3.8, 4) is 17.0 Å². The van der Waals surface area contributed by atoms with E-state index >= 15 is 0 Å². The van der Waals surface area contributed by atoms with E-state index in [-0.39, 0.29) is 6.61 Å². The lowest BCUT2D eigenvalue weighted by Crippen LogP contribution is -2.11. The molecule has 0 aliphatic carbocycles. The van der Waals surface area contributed by atoms with Gasteiger partial charge in [-0.2, -0.15) is 0 Å². The second kappa shape index (κ2) is 10.0. The van der Waals surface area contributed by atoms with E-state index in [1.807, 2.05) is 12.1 Å². The van der Waals surface area contributed by atoms with Crippen molar-refractivity contribution in [2.24, 2.45) is 0 Å². The summed E-state index contributed by atoms with van der Waals surface area (Å²) in [4.78, 5) is 5.77. The van der Waals surface area contributed by atoms with Crippen molar-refractivity contribution in [1.82, 2.24) is 9.38 Å². The Labute approximate surface area is 179 Å². The van der Waals surface area contributed by atoms with Crippen LogP contribution in [0.5, 0.6) is 5.75 Å². The maximum atomic E-state index is 11.9. The first-order valence-corrected chi connectivity index (χ1v) is 11.0. The zero-order valence-corrected chi connectivity index (χ0v) is 17.8. The van der Waals surface area contributed by atoms with Crippen LogP contribution in [-0.2, 0) is 15.9 Å². The Bertz CT molecular complexity index is 1090. The Kier molecular flexibility index (Phi) is 6.94. The van der Waals surface area contributed by atoms with Gasteiger partial charge in [-0.3, -0.25) is 4.40 Å². The first kappa shape index (κ1) is 20.8. The van der Waals surface area contributed by atoms with Gasteiger partial charge in [0.15, 0.2) is 4.96 Å². The van der Waals surface area contributed by atoms with Gasteiger partial charge < -0.3 is 14.2 Å². The largest absolute Gasteiger partial charge is 0.491 e. The van der Waals surface area contributed by atoms with Crippen molar-refractivity contribution in [2.75, 3.05) is 39.7 Å². The Morgan fingerprint density at radius 3 is 2.50 bits per heavy atom. The predicted molar refractivity (Wildman–Crippen MR) is 118 cm³/mol. The molecule has 5 nitrogen and oxygen atoms in total. The van der Waals surface area contributed by atoms with Crippen LogP contribution in [-0.4, -0.2) is 49.1 Å². The summed E-state index contributed by atoms with van der Waals surface area (Å²) in [5, 5.41) is 0. The van der Waals surface area contributed by atoms with Gasteiger partial charge in [0.1, 0.15) is 19.0 Å². The van der Waals surface area contributed by atoms with Crippen molar-refractivity contribution in [2.45, 2.75) is 13.3 Å². The van der Waals surface area contributed by atoms with E-state index in [0.29, 0.717) is 26.4 Å². The Hall–Kier alpha value is -2.48. The fraction of sp³-hybridized carbons (Fsp3) is 0.348. The van der Waals surface area contributed by atoms with Crippen LogP contribution in [0.25, 0.3) is 26.4 Å². The van der Waals surface area contributed by atoms with E-state index in [0.717, 1.165) is 38.6 Å². The smallest absolute Gasteiger partial charge is 0.195 e. The minimum absolute atomic E-state index is 0.122. The third kappa shape index (κ3) is 4.80. The highest BCUT2D eigenvalue weighted by Crippen LogP contribution is 2.31. The number of halogens is 1. The van der Waals surface area contributed by atoms with Gasteiger partial charge in [-0.15, -0.1) is 0 Å². The molecule has 0 bridgehead atoms. The molecule has 0 radical (unpaired) electrons. The van der Waals surface area contributed by atoms with E-state index < -0.39 is 6.67 Å². The number of aryl methyl sites for hydroxylation is 1.